The van der Waals surface area contributed by atoms with Gasteiger partial charge in [-0.2, -0.15) is 0 Å². The second kappa shape index (κ2) is 14.4. The smallest absolute Gasteiger partial charge is 0.174 e. The molecule has 1 atom stereocenters. The van der Waals surface area contributed by atoms with Gasteiger partial charge in [-0.3, -0.25) is 5.32 Å². The van der Waals surface area contributed by atoms with Crippen LogP contribution in [0.15, 0.2) is 165 Å². The molecule has 0 saturated heterocycles. The molecule has 6 nitrogen and oxygen atoms in total. The average Bonchev–Trinajstić information content (AvgIpc) is 4.14. The van der Waals surface area contributed by atoms with Crippen LogP contribution in [0, 0.1) is 0 Å². The molecule has 4 aromatic carbocycles. The van der Waals surface area contributed by atoms with E-state index in [1.54, 1.807) is 45.3 Å². The predicted molar refractivity (Wildman–Crippen MR) is 242 cm³/mol. The molecule has 1 N–H and O–H groups in total. The summed E-state index contributed by atoms with van der Waals surface area (Å²) in [6.45, 7) is 4.76. The highest BCUT2D eigenvalue weighted by Gasteiger charge is 2.52. The number of amidine groups is 1. The van der Waals surface area contributed by atoms with Crippen molar-refractivity contribution in [3.63, 3.8) is 0 Å². The van der Waals surface area contributed by atoms with Gasteiger partial charge in [-0.05, 0) is 109 Å². The van der Waals surface area contributed by atoms with Crippen LogP contribution in [-0.4, -0.2) is 27.5 Å². The largest absolute Gasteiger partial charge is 0.286 e. The van der Waals surface area contributed by atoms with Crippen LogP contribution in [0.4, 0.5) is 0 Å². The molecule has 5 heterocycles. The number of thiophene rings is 4. The molecule has 0 amide bonds. The molecule has 1 spiro atoms. The van der Waals surface area contributed by atoms with Gasteiger partial charge in [0.1, 0.15) is 6.17 Å². The minimum absolute atomic E-state index is 0.281. The molecule has 10 heteroatoms. The van der Waals surface area contributed by atoms with Crippen molar-refractivity contribution in [1.29, 1.82) is 0 Å². The molecule has 11 rings (SSSR count). The third-order valence-electron chi connectivity index (χ3n) is 11.0. The molecular weight excluding hydrogens is 789 g/mol. The first-order chi connectivity index (χ1) is 28.7. The van der Waals surface area contributed by atoms with Crippen molar-refractivity contribution < 1.29 is 0 Å². The topological polar surface area (TPSA) is 75.4 Å². The SMILES string of the molecule is C=N/C(=N\C(NCc1cccs1)c1cccs1)c1ccc2c(c1)C1(c3ccccc3-c3ccccc31)c1cc(-c3nc(-c4cccs4)nc(-c4cccs4)n3)ccc1-2. The first-order valence-electron chi connectivity index (χ1n) is 18.9. The number of nitrogens with one attached hydrogen (secondary N) is 1. The van der Waals surface area contributed by atoms with E-state index >= 15 is 0 Å². The van der Waals surface area contributed by atoms with E-state index in [0.29, 0.717) is 29.9 Å². The fourth-order valence-corrected chi connectivity index (χ4v) is 11.3. The van der Waals surface area contributed by atoms with Crippen LogP contribution in [-0.2, 0) is 12.0 Å². The molecule has 0 radical (unpaired) electrons. The molecule has 0 aliphatic heterocycles. The van der Waals surface area contributed by atoms with Gasteiger partial charge in [0.2, 0.25) is 0 Å². The Morgan fingerprint density at radius 1 is 0.569 bits per heavy atom. The van der Waals surface area contributed by atoms with Crippen LogP contribution in [0.2, 0.25) is 0 Å². The highest BCUT2D eigenvalue weighted by molar-refractivity contribution is 7.14. The Kier molecular flexibility index (Phi) is 8.75. The highest BCUT2D eigenvalue weighted by atomic mass is 32.1. The fourth-order valence-electron chi connectivity index (χ4n) is 8.55. The molecule has 2 aliphatic rings. The van der Waals surface area contributed by atoms with E-state index in [4.69, 9.17) is 19.9 Å². The Morgan fingerprint density at radius 3 is 1.78 bits per heavy atom. The van der Waals surface area contributed by atoms with Gasteiger partial charge in [-0.1, -0.05) is 97.1 Å². The van der Waals surface area contributed by atoms with Crippen molar-refractivity contribution in [3.05, 3.63) is 193 Å². The zero-order valence-corrected chi connectivity index (χ0v) is 34.1. The number of hydrogen-bond acceptors (Lipinski definition) is 9. The van der Waals surface area contributed by atoms with Crippen LogP contribution in [0.1, 0.15) is 43.7 Å². The summed E-state index contributed by atoms with van der Waals surface area (Å²) in [7, 11) is 0. The van der Waals surface area contributed by atoms with Gasteiger partial charge in [0.25, 0.3) is 0 Å². The standard InChI is InChI=1S/C48H32N6S4/c1-49-43(51-45(40-15-7-23-56-40)50-28-31-10-6-22-55-31)29-18-20-34-35-21-19-30(44-52-46(41-16-8-24-57-41)54-47(53-44)42-17-9-25-58-42)27-39(35)48(38(34)26-29)36-13-4-2-11-32(36)33-12-3-5-14-37(33)48/h2-27,45,50H,1,28H2/b51-43-. The van der Waals surface area contributed by atoms with E-state index in [1.807, 2.05) is 12.1 Å². The van der Waals surface area contributed by atoms with Crippen molar-refractivity contribution in [3.8, 4) is 55.0 Å². The zero-order chi connectivity index (χ0) is 38.6. The summed E-state index contributed by atoms with van der Waals surface area (Å²) in [5.74, 6) is 2.60. The molecule has 9 aromatic rings. The minimum Gasteiger partial charge on any atom is -0.286 e. The second-order valence-corrected chi connectivity index (χ2v) is 18.0. The Hall–Kier alpha value is -6.01. The molecule has 58 heavy (non-hydrogen) atoms. The van der Waals surface area contributed by atoms with E-state index in [0.717, 1.165) is 25.8 Å². The number of aliphatic imine (C=N–C) groups is 2. The van der Waals surface area contributed by atoms with Gasteiger partial charge in [0.05, 0.1) is 15.2 Å². The summed E-state index contributed by atoms with van der Waals surface area (Å²) in [6.07, 6.45) is -0.281. The monoisotopic (exact) mass is 820 g/mol. The van der Waals surface area contributed by atoms with Crippen LogP contribution in [0.5, 0.6) is 0 Å². The second-order valence-electron chi connectivity index (χ2n) is 14.1. The molecule has 0 saturated carbocycles. The molecule has 0 bridgehead atoms. The number of rotatable bonds is 9. The lowest BCUT2D eigenvalue weighted by atomic mass is 9.70. The normalized spacial score (nSPS) is 13.9. The average molecular weight is 821 g/mol. The number of aromatic nitrogens is 3. The van der Waals surface area contributed by atoms with Crippen molar-refractivity contribution in [1.82, 2.24) is 20.3 Å². The number of hydrogen-bond donors (Lipinski definition) is 1. The van der Waals surface area contributed by atoms with Crippen molar-refractivity contribution >= 4 is 57.9 Å². The van der Waals surface area contributed by atoms with E-state index in [2.05, 4.69) is 160 Å². The lowest BCUT2D eigenvalue weighted by Gasteiger charge is -2.31. The first kappa shape index (κ1) is 35.2. The quantitative estimate of drug-likeness (QED) is 0.116. The molecule has 1 unspecified atom stereocenters. The third kappa shape index (κ3) is 5.71. The Balaban J connectivity index is 1.10. The number of benzene rings is 4. The molecule has 5 aromatic heterocycles. The number of nitrogens with zero attached hydrogens (tertiary/aromatic N) is 5. The van der Waals surface area contributed by atoms with Gasteiger partial charge in [0.15, 0.2) is 23.3 Å². The maximum atomic E-state index is 5.27. The molecule has 278 valence electrons. The Labute approximate surface area is 351 Å². The van der Waals surface area contributed by atoms with Gasteiger partial charge in [-0.15, -0.1) is 45.3 Å². The molecule has 2 aliphatic carbocycles. The van der Waals surface area contributed by atoms with Gasteiger partial charge in [-0.25, -0.2) is 24.9 Å². The molecular formula is C48H32N6S4. The summed E-state index contributed by atoms with van der Waals surface area (Å²) in [6, 6.07) is 47.8. The highest BCUT2D eigenvalue weighted by Crippen LogP contribution is 2.63. The van der Waals surface area contributed by atoms with Crippen molar-refractivity contribution in [2.75, 3.05) is 0 Å². The predicted octanol–water partition coefficient (Wildman–Crippen LogP) is 12.4. The van der Waals surface area contributed by atoms with Gasteiger partial charge >= 0.3 is 0 Å². The maximum absolute atomic E-state index is 5.27. The minimum atomic E-state index is -0.610. The fraction of sp³-hybridized carbons (Fsp3) is 0.0625. The summed E-state index contributed by atoms with van der Waals surface area (Å²) >= 11 is 6.69. The molecule has 0 fully saturated rings. The van der Waals surface area contributed by atoms with E-state index in [1.165, 1.54) is 49.4 Å². The van der Waals surface area contributed by atoms with E-state index in [9.17, 15) is 0 Å². The lowest BCUT2D eigenvalue weighted by molar-refractivity contribution is 0.566. The summed E-state index contributed by atoms with van der Waals surface area (Å²) < 4.78 is 0. The maximum Gasteiger partial charge on any atom is 0.174 e. The first-order valence-corrected chi connectivity index (χ1v) is 22.4. The van der Waals surface area contributed by atoms with Gasteiger partial charge < -0.3 is 0 Å². The summed E-state index contributed by atoms with van der Waals surface area (Å²) in [5.41, 5.74) is 11.0. The summed E-state index contributed by atoms with van der Waals surface area (Å²) in [4.78, 5) is 29.4. The Morgan fingerprint density at radius 2 is 1.16 bits per heavy atom. The van der Waals surface area contributed by atoms with Crippen LogP contribution in [0.3, 0.4) is 0 Å². The van der Waals surface area contributed by atoms with Crippen molar-refractivity contribution in [2.45, 2.75) is 18.1 Å². The Bertz CT molecular complexity index is 2890. The number of fused-ring (bicyclic) bond motifs is 10. The van der Waals surface area contributed by atoms with E-state index in [-0.39, 0.29) is 6.17 Å². The van der Waals surface area contributed by atoms with Crippen LogP contribution in [0.25, 0.3) is 55.0 Å². The summed E-state index contributed by atoms with van der Waals surface area (Å²) in [5, 5.41) is 12.0. The third-order valence-corrected chi connectivity index (χ3v) is 14.5. The van der Waals surface area contributed by atoms with Crippen LogP contribution < -0.4 is 5.32 Å². The van der Waals surface area contributed by atoms with Crippen molar-refractivity contribution in [2.24, 2.45) is 9.98 Å². The van der Waals surface area contributed by atoms with Crippen LogP contribution >= 0.6 is 45.3 Å². The van der Waals surface area contributed by atoms with Gasteiger partial charge in [0, 0.05) is 27.4 Å². The lowest BCUT2D eigenvalue weighted by Crippen LogP contribution is -2.26. The zero-order valence-electron chi connectivity index (χ0n) is 30.9. The van der Waals surface area contributed by atoms with E-state index < -0.39 is 5.41 Å².